The predicted molar refractivity (Wildman–Crippen MR) is 50.6 cm³/mol. The molecule has 0 fully saturated rings. The Morgan fingerprint density at radius 1 is 1.18 bits per heavy atom. The quantitative estimate of drug-likeness (QED) is 0.435. The van der Waals surface area contributed by atoms with E-state index in [0.29, 0.717) is 0 Å². The molecule has 0 saturated heterocycles. The van der Waals surface area contributed by atoms with Crippen LogP contribution in [0.25, 0.3) is 0 Å². The summed E-state index contributed by atoms with van der Waals surface area (Å²) in [5.74, 6) is 0. The standard InChI is InChI=1S/C8H20O2Si/c1-4-9-7-6-8-10-11(3)5-2/h11H,4-8H2,1-3H3. The van der Waals surface area contributed by atoms with Gasteiger partial charge in [0.1, 0.15) is 0 Å². The van der Waals surface area contributed by atoms with Gasteiger partial charge in [-0.05, 0) is 25.9 Å². The highest BCUT2D eigenvalue weighted by Crippen LogP contribution is 1.94. The van der Waals surface area contributed by atoms with E-state index >= 15 is 0 Å². The molecule has 0 spiro atoms. The van der Waals surface area contributed by atoms with Crippen LogP contribution in [0.1, 0.15) is 20.3 Å². The highest BCUT2D eigenvalue weighted by molar-refractivity contribution is 6.49. The molecule has 0 aliphatic heterocycles. The molecule has 0 heterocycles. The average molecular weight is 176 g/mol. The first-order valence-corrected chi connectivity index (χ1v) is 6.94. The van der Waals surface area contributed by atoms with Crippen molar-refractivity contribution in [2.24, 2.45) is 0 Å². The molecule has 2 nitrogen and oxygen atoms in total. The molecule has 0 bridgehead atoms. The smallest absolute Gasteiger partial charge is 0.173 e. The van der Waals surface area contributed by atoms with Gasteiger partial charge in [-0.3, -0.25) is 0 Å². The van der Waals surface area contributed by atoms with E-state index in [1.807, 2.05) is 6.92 Å². The van der Waals surface area contributed by atoms with E-state index in [0.717, 1.165) is 26.2 Å². The first-order valence-electron chi connectivity index (χ1n) is 4.50. The number of hydrogen-bond acceptors (Lipinski definition) is 2. The Bertz CT molecular complexity index is 78.5. The van der Waals surface area contributed by atoms with Gasteiger partial charge in [0.2, 0.25) is 0 Å². The van der Waals surface area contributed by atoms with E-state index in [2.05, 4.69) is 13.5 Å². The van der Waals surface area contributed by atoms with Crippen molar-refractivity contribution < 1.29 is 9.16 Å². The van der Waals surface area contributed by atoms with Crippen molar-refractivity contribution in [3.8, 4) is 0 Å². The van der Waals surface area contributed by atoms with Crippen LogP contribution in [0, 0.1) is 0 Å². The molecule has 0 aromatic carbocycles. The van der Waals surface area contributed by atoms with Crippen LogP contribution >= 0.6 is 0 Å². The maximum Gasteiger partial charge on any atom is 0.173 e. The minimum absolute atomic E-state index is 0.788. The van der Waals surface area contributed by atoms with E-state index in [9.17, 15) is 0 Å². The summed E-state index contributed by atoms with van der Waals surface area (Å²) in [6.07, 6.45) is 1.05. The van der Waals surface area contributed by atoms with Crippen molar-refractivity contribution in [3.63, 3.8) is 0 Å². The summed E-state index contributed by atoms with van der Waals surface area (Å²) in [7, 11) is -0.788. The van der Waals surface area contributed by atoms with Gasteiger partial charge < -0.3 is 9.16 Å². The molecule has 1 unspecified atom stereocenters. The second-order valence-electron chi connectivity index (χ2n) is 2.64. The first kappa shape index (κ1) is 11.1. The zero-order valence-electron chi connectivity index (χ0n) is 7.93. The minimum atomic E-state index is -0.788. The van der Waals surface area contributed by atoms with Gasteiger partial charge in [0.05, 0.1) is 0 Å². The molecule has 1 atom stereocenters. The molecule has 0 aromatic rings. The lowest BCUT2D eigenvalue weighted by Crippen LogP contribution is -2.13. The Labute approximate surface area is 71.6 Å². The van der Waals surface area contributed by atoms with Crippen molar-refractivity contribution in [2.45, 2.75) is 32.9 Å². The van der Waals surface area contributed by atoms with Crippen LogP contribution in [0.15, 0.2) is 0 Å². The van der Waals surface area contributed by atoms with Gasteiger partial charge in [-0.1, -0.05) is 6.92 Å². The Morgan fingerprint density at radius 3 is 2.45 bits per heavy atom. The summed E-state index contributed by atoms with van der Waals surface area (Å²) in [4.78, 5) is 0. The van der Waals surface area contributed by atoms with Crippen LogP contribution in [0.2, 0.25) is 12.6 Å². The molecule has 0 amide bonds. The minimum Gasteiger partial charge on any atom is -0.420 e. The van der Waals surface area contributed by atoms with Crippen LogP contribution in [-0.2, 0) is 9.16 Å². The van der Waals surface area contributed by atoms with Crippen LogP contribution in [0.3, 0.4) is 0 Å². The van der Waals surface area contributed by atoms with Crippen LogP contribution in [0.4, 0.5) is 0 Å². The lowest BCUT2D eigenvalue weighted by molar-refractivity contribution is 0.131. The fourth-order valence-corrected chi connectivity index (χ4v) is 1.51. The maximum atomic E-state index is 5.60. The molecule has 0 saturated carbocycles. The summed E-state index contributed by atoms with van der Waals surface area (Å²) in [5, 5.41) is 0. The zero-order chi connectivity index (χ0) is 8.53. The van der Waals surface area contributed by atoms with E-state index < -0.39 is 9.04 Å². The molecule has 3 heteroatoms. The van der Waals surface area contributed by atoms with Crippen molar-refractivity contribution in [1.29, 1.82) is 0 Å². The molecule has 68 valence electrons. The molecule has 0 aliphatic rings. The summed E-state index contributed by atoms with van der Waals surface area (Å²) in [6, 6.07) is 1.23. The van der Waals surface area contributed by atoms with Gasteiger partial charge >= 0.3 is 0 Å². The summed E-state index contributed by atoms with van der Waals surface area (Å²) >= 11 is 0. The molecular weight excluding hydrogens is 156 g/mol. The summed E-state index contributed by atoms with van der Waals surface area (Å²) in [5.41, 5.74) is 0. The SMILES string of the molecule is CCOCCCO[SiH](C)CC. The number of hydrogen-bond donors (Lipinski definition) is 0. The Balaban J connectivity index is 2.89. The third-order valence-electron chi connectivity index (χ3n) is 1.61. The van der Waals surface area contributed by atoms with Crippen LogP contribution < -0.4 is 0 Å². The van der Waals surface area contributed by atoms with Crippen LogP contribution in [-0.4, -0.2) is 28.9 Å². The Kier molecular flexibility index (Phi) is 8.34. The normalized spacial score (nSPS) is 13.4. The molecule has 0 aromatic heterocycles. The maximum absolute atomic E-state index is 5.60. The highest BCUT2D eigenvalue weighted by Gasteiger charge is 1.98. The van der Waals surface area contributed by atoms with Crippen molar-refractivity contribution in [3.05, 3.63) is 0 Å². The number of ether oxygens (including phenoxy) is 1. The van der Waals surface area contributed by atoms with Gasteiger partial charge in [-0.25, -0.2) is 0 Å². The van der Waals surface area contributed by atoms with Gasteiger partial charge in [0.25, 0.3) is 0 Å². The zero-order valence-corrected chi connectivity index (χ0v) is 9.08. The highest BCUT2D eigenvalue weighted by atomic mass is 28.3. The van der Waals surface area contributed by atoms with E-state index in [1.54, 1.807) is 0 Å². The number of rotatable bonds is 7. The second-order valence-corrected chi connectivity index (χ2v) is 5.41. The van der Waals surface area contributed by atoms with Gasteiger partial charge in [0, 0.05) is 19.8 Å². The largest absolute Gasteiger partial charge is 0.420 e. The van der Waals surface area contributed by atoms with E-state index in [-0.39, 0.29) is 0 Å². The topological polar surface area (TPSA) is 18.5 Å². The summed E-state index contributed by atoms with van der Waals surface area (Å²) < 4.78 is 10.8. The third-order valence-corrected chi connectivity index (χ3v) is 3.57. The summed E-state index contributed by atoms with van der Waals surface area (Å²) in [6.45, 7) is 9.01. The Hall–Kier alpha value is 0.137. The van der Waals surface area contributed by atoms with Crippen molar-refractivity contribution in [1.82, 2.24) is 0 Å². The average Bonchev–Trinajstić information content (AvgIpc) is 2.04. The van der Waals surface area contributed by atoms with Gasteiger partial charge in [-0.2, -0.15) is 0 Å². The van der Waals surface area contributed by atoms with E-state index in [4.69, 9.17) is 9.16 Å². The molecule has 0 N–H and O–H groups in total. The van der Waals surface area contributed by atoms with Crippen molar-refractivity contribution in [2.75, 3.05) is 19.8 Å². The molecule has 0 rings (SSSR count). The molecule has 0 radical (unpaired) electrons. The fraction of sp³-hybridized carbons (Fsp3) is 1.00. The van der Waals surface area contributed by atoms with Crippen LogP contribution in [0.5, 0.6) is 0 Å². The lowest BCUT2D eigenvalue weighted by atomic mass is 10.5. The molecule has 11 heavy (non-hydrogen) atoms. The van der Waals surface area contributed by atoms with Gasteiger partial charge in [-0.15, -0.1) is 0 Å². The van der Waals surface area contributed by atoms with Gasteiger partial charge in [0.15, 0.2) is 9.04 Å². The second kappa shape index (κ2) is 8.24. The van der Waals surface area contributed by atoms with E-state index in [1.165, 1.54) is 6.04 Å². The fourth-order valence-electron chi connectivity index (χ4n) is 0.708. The molecular formula is C8H20O2Si. The molecule has 0 aliphatic carbocycles. The Morgan fingerprint density at radius 2 is 1.91 bits per heavy atom. The van der Waals surface area contributed by atoms with Crippen molar-refractivity contribution >= 4 is 9.04 Å². The first-order chi connectivity index (χ1) is 5.31. The lowest BCUT2D eigenvalue weighted by Gasteiger charge is -2.08. The monoisotopic (exact) mass is 176 g/mol. The third kappa shape index (κ3) is 8.04. The predicted octanol–water partition coefficient (Wildman–Crippen LogP) is 1.80.